The molecule has 2 rings (SSSR count). The Hall–Kier alpha value is -1.97. The summed E-state index contributed by atoms with van der Waals surface area (Å²) in [4.78, 5) is 15.8. The maximum Gasteiger partial charge on any atom is 0.237 e. The number of Topliss-reactive ketones (excluding diaryl/α,β-unsaturated/α-hetero) is 1. The molecule has 1 aromatic carbocycles. The van der Waals surface area contributed by atoms with E-state index in [-0.39, 0.29) is 11.7 Å². The molecule has 1 unspecified atom stereocenters. The van der Waals surface area contributed by atoms with Gasteiger partial charge in [0, 0.05) is 6.42 Å². The second kappa shape index (κ2) is 5.99. The summed E-state index contributed by atoms with van der Waals surface area (Å²) >= 11 is 0. The number of hydrogen-bond donors (Lipinski definition) is 0. The normalized spacial score (nSPS) is 12.4. The van der Waals surface area contributed by atoms with E-state index >= 15 is 0 Å². The van der Waals surface area contributed by atoms with Crippen molar-refractivity contribution in [1.82, 2.24) is 10.1 Å². The molecule has 4 heteroatoms. The maximum absolute atomic E-state index is 11.5. The molecule has 0 aliphatic rings. The molecule has 0 saturated heterocycles. The predicted octanol–water partition coefficient (Wildman–Crippen LogP) is 3.36. The van der Waals surface area contributed by atoms with Crippen LogP contribution in [-0.4, -0.2) is 15.9 Å². The van der Waals surface area contributed by atoms with Gasteiger partial charge in [-0.2, -0.15) is 4.98 Å². The molecule has 2 aromatic rings. The van der Waals surface area contributed by atoms with E-state index in [9.17, 15) is 4.79 Å². The van der Waals surface area contributed by atoms with Crippen LogP contribution in [0.5, 0.6) is 0 Å². The minimum atomic E-state index is -0.281. The van der Waals surface area contributed by atoms with E-state index in [2.05, 4.69) is 42.2 Å². The van der Waals surface area contributed by atoms with Crippen molar-refractivity contribution in [2.75, 3.05) is 0 Å². The van der Waals surface area contributed by atoms with E-state index in [4.69, 9.17) is 4.52 Å². The van der Waals surface area contributed by atoms with Crippen molar-refractivity contribution in [1.29, 1.82) is 0 Å². The quantitative estimate of drug-likeness (QED) is 0.837. The fourth-order valence-corrected chi connectivity index (χ4v) is 2.21. The van der Waals surface area contributed by atoms with Gasteiger partial charge in [-0.15, -0.1) is 0 Å². The SMILES string of the molecule is CCC(C(C)=O)c1nc(Cc2ccc(C)c(C)c2)no1. The molecule has 106 valence electrons. The first-order valence-corrected chi connectivity index (χ1v) is 6.90. The highest BCUT2D eigenvalue weighted by molar-refractivity contribution is 5.82. The second-order valence-corrected chi connectivity index (χ2v) is 5.22. The Kier molecular flexibility index (Phi) is 4.32. The Morgan fingerprint density at radius 3 is 2.65 bits per heavy atom. The lowest BCUT2D eigenvalue weighted by atomic mass is 10.0. The summed E-state index contributed by atoms with van der Waals surface area (Å²) in [6.07, 6.45) is 1.31. The zero-order valence-electron chi connectivity index (χ0n) is 12.4. The average molecular weight is 272 g/mol. The molecule has 1 aromatic heterocycles. The molecule has 1 atom stereocenters. The lowest BCUT2D eigenvalue weighted by Gasteiger charge is -2.04. The van der Waals surface area contributed by atoms with Crippen LogP contribution < -0.4 is 0 Å². The summed E-state index contributed by atoms with van der Waals surface area (Å²) in [5.74, 6) is 0.840. The van der Waals surface area contributed by atoms with Crippen molar-refractivity contribution in [2.45, 2.75) is 46.5 Å². The number of rotatable bonds is 5. The molecular formula is C16H20N2O2. The smallest absolute Gasteiger partial charge is 0.237 e. The number of hydrogen-bond acceptors (Lipinski definition) is 4. The first-order chi connectivity index (χ1) is 9.51. The Morgan fingerprint density at radius 2 is 2.05 bits per heavy atom. The van der Waals surface area contributed by atoms with E-state index in [0.717, 1.165) is 5.56 Å². The fourth-order valence-electron chi connectivity index (χ4n) is 2.21. The van der Waals surface area contributed by atoms with Gasteiger partial charge in [0.25, 0.3) is 0 Å². The van der Waals surface area contributed by atoms with Crippen LogP contribution in [0.2, 0.25) is 0 Å². The van der Waals surface area contributed by atoms with Gasteiger partial charge in [0.1, 0.15) is 5.78 Å². The van der Waals surface area contributed by atoms with Crippen LogP contribution in [0.3, 0.4) is 0 Å². The molecule has 0 fully saturated rings. The lowest BCUT2D eigenvalue weighted by Crippen LogP contribution is -2.08. The number of benzene rings is 1. The van der Waals surface area contributed by atoms with Crippen LogP contribution >= 0.6 is 0 Å². The molecule has 4 nitrogen and oxygen atoms in total. The highest BCUT2D eigenvalue weighted by Crippen LogP contribution is 2.19. The van der Waals surface area contributed by atoms with Crippen molar-refractivity contribution in [3.63, 3.8) is 0 Å². The lowest BCUT2D eigenvalue weighted by molar-refractivity contribution is -0.119. The average Bonchev–Trinajstić information content (AvgIpc) is 2.82. The summed E-state index contributed by atoms with van der Waals surface area (Å²) in [6, 6.07) is 6.30. The number of aromatic nitrogens is 2. The first kappa shape index (κ1) is 14.4. The van der Waals surface area contributed by atoms with Crippen LogP contribution in [0.1, 0.15) is 54.6 Å². The van der Waals surface area contributed by atoms with Gasteiger partial charge in [0.15, 0.2) is 5.82 Å². The monoisotopic (exact) mass is 272 g/mol. The first-order valence-electron chi connectivity index (χ1n) is 6.90. The number of ketones is 1. The third-order valence-electron chi connectivity index (χ3n) is 3.61. The summed E-state index contributed by atoms with van der Waals surface area (Å²) in [5, 5.41) is 3.98. The van der Waals surface area contributed by atoms with Crippen LogP contribution in [-0.2, 0) is 11.2 Å². The number of aryl methyl sites for hydroxylation is 2. The molecule has 0 spiro atoms. The van der Waals surface area contributed by atoms with Gasteiger partial charge in [-0.05, 0) is 43.9 Å². The molecule has 0 saturated carbocycles. The molecular weight excluding hydrogens is 252 g/mol. The Balaban J connectivity index is 2.16. The Morgan fingerprint density at radius 1 is 1.30 bits per heavy atom. The molecule has 0 aliphatic heterocycles. The second-order valence-electron chi connectivity index (χ2n) is 5.22. The Bertz CT molecular complexity index is 617. The highest BCUT2D eigenvalue weighted by atomic mass is 16.5. The molecule has 0 aliphatic carbocycles. The molecule has 0 amide bonds. The molecule has 0 N–H and O–H groups in total. The minimum Gasteiger partial charge on any atom is -0.339 e. The van der Waals surface area contributed by atoms with E-state index in [1.54, 1.807) is 6.92 Å². The van der Waals surface area contributed by atoms with Crippen molar-refractivity contribution in [3.8, 4) is 0 Å². The van der Waals surface area contributed by atoms with Gasteiger partial charge in [0.05, 0.1) is 5.92 Å². The van der Waals surface area contributed by atoms with Crippen molar-refractivity contribution in [2.24, 2.45) is 0 Å². The van der Waals surface area contributed by atoms with Gasteiger partial charge in [-0.25, -0.2) is 0 Å². The predicted molar refractivity (Wildman–Crippen MR) is 76.7 cm³/mol. The van der Waals surface area contributed by atoms with Crippen LogP contribution in [0.4, 0.5) is 0 Å². The Labute approximate surface area is 119 Å². The third kappa shape index (κ3) is 3.13. The number of carbonyl (C=O) groups is 1. The van der Waals surface area contributed by atoms with Crippen molar-refractivity contribution >= 4 is 5.78 Å². The van der Waals surface area contributed by atoms with Gasteiger partial charge < -0.3 is 4.52 Å². The van der Waals surface area contributed by atoms with E-state index in [0.29, 0.717) is 24.6 Å². The number of carbonyl (C=O) groups excluding carboxylic acids is 1. The summed E-state index contributed by atoms with van der Waals surface area (Å²) in [7, 11) is 0. The van der Waals surface area contributed by atoms with Gasteiger partial charge in [-0.3, -0.25) is 4.79 Å². The van der Waals surface area contributed by atoms with Crippen LogP contribution in [0, 0.1) is 13.8 Å². The van der Waals surface area contributed by atoms with E-state index in [1.165, 1.54) is 11.1 Å². The van der Waals surface area contributed by atoms with Crippen molar-refractivity contribution in [3.05, 3.63) is 46.6 Å². The van der Waals surface area contributed by atoms with Crippen LogP contribution in [0.25, 0.3) is 0 Å². The topological polar surface area (TPSA) is 56.0 Å². The highest BCUT2D eigenvalue weighted by Gasteiger charge is 2.21. The molecule has 0 radical (unpaired) electrons. The van der Waals surface area contributed by atoms with Gasteiger partial charge in [0.2, 0.25) is 5.89 Å². The van der Waals surface area contributed by atoms with E-state index in [1.807, 2.05) is 6.92 Å². The largest absolute Gasteiger partial charge is 0.339 e. The van der Waals surface area contributed by atoms with Crippen LogP contribution in [0.15, 0.2) is 22.7 Å². The van der Waals surface area contributed by atoms with Crippen molar-refractivity contribution < 1.29 is 9.32 Å². The fraction of sp³-hybridized carbons (Fsp3) is 0.438. The molecule has 1 heterocycles. The minimum absolute atomic E-state index is 0.0638. The van der Waals surface area contributed by atoms with E-state index < -0.39 is 0 Å². The van der Waals surface area contributed by atoms with Gasteiger partial charge >= 0.3 is 0 Å². The van der Waals surface area contributed by atoms with Gasteiger partial charge in [-0.1, -0.05) is 30.3 Å². The number of nitrogens with zero attached hydrogens (tertiary/aromatic N) is 2. The zero-order chi connectivity index (χ0) is 14.7. The third-order valence-corrected chi connectivity index (χ3v) is 3.61. The molecule has 20 heavy (non-hydrogen) atoms. The summed E-state index contributed by atoms with van der Waals surface area (Å²) in [6.45, 7) is 7.67. The standard InChI is InChI=1S/C16H20N2O2/c1-5-14(12(4)19)16-17-15(18-20-16)9-13-7-6-10(2)11(3)8-13/h6-8,14H,5,9H2,1-4H3. The maximum atomic E-state index is 11.5. The zero-order valence-corrected chi connectivity index (χ0v) is 12.4. The molecule has 0 bridgehead atoms. The summed E-state index contributed by atoms with van der Waals surface area (Å²) in [5.41, 5.74) is 3.67. The summed E-state index contributed by atoms with van der Waals surface area (Å²) < 4.78 is 5.22.